The zero-order valence-electron chi connectivity index (χ0n) is 18.6. The number of rotatable bonds is 6. The first-order valence-electron chi connectivity index (χ1n) is 11.3. The molecule has 7 heteroatoms. The lowest BCUT2D eigenvalue weighted by atomic mass is 9.94. The first-order chi connectivity index (χ1) is 16.0. The van der Waals surface area contributed by atoms with Gasteiger partial charge in [-0.3, -0.25) is 19.5 Å². The SMILES string of the molecule is Cc1ccc(N(C(=O)c2cnccn2)[C@H](C(=O)NC2CCCCC2)c2ccc(O)cc2)cc1. The Kier molecular flexibility index (Phi) is 6.98. The van der Waals surface area contributed by atoms with Crippen molar-refractivity contribution in [2.75, 3.05) is 4.90 Å². The average Bonchev–Trinajstić information content (AvgIpc) is 2.85. The number of hydrogen-bond donors (Lipinski definition) is 2. The smallest absolute Gasteiger partial charge is 0.279 e. The highest BCUT2D eigenvalue weighted by Crippen LogP contribution is 2.31. The van der Waals surface area contributed by atoms with Crippen LogP contribution in [0, 0.1) is 6.92 Å². The molecule has 33 heavy (non-hydrogen) atoms. The molecule has 0 unspecified atom stereocenters. The molecular formula is C26H28N4O3. The lowest BCUT2D eigenvalue weighted by Gasteiger charge is -2.33. The van der Waals surface area contributed by atoms with E-state index in [2.05, 4.69) is 15.3 Å². The van der Waals surface area contributed by atoms with Crippen molar-refractivity contribution < 1.29 is 14.7 Å². The first kappa shape index (κ1) is 22.5. The predicted molar refractivity (Wildman–Crippen MR) is 126 cm³/mol. The van der Waals surface area contributed by atoms with Gasteiger partial charge in [0.05, 0.1) is 6.20 Å². The first-order valence-corrected chi connectivity index (χ1v) is 11.3. The third kappa shape index (κ3) is 5.37. The van der Waals surface area contributed by atoms with E-state index in [-0.39, 0.29) is 23.4 Å². The number of carbonyl (C=O) groups is 2. The van der Waals surface area contributed by atoms with Gasteiger partial charge in [-0.05, 0) is 49.6 Å². The molecule has 2 amide bonds. The Balaban J connectivity index is 1.79. The molecule has 0 aliphatic heterocycles. The quantitative estimate of drug-likeness (QED) is 0.590. The molecule has 1 heterocycles. The summed E-state index contributed by atoms with van der Waals surface area (Å²) in [4.78, 5) is 37.1. The maximum Gasteiger partial charge on any atom is 0.279 e. The Morgan fingerprint density at radius 1 is 1.00 bits per heavy atom. The van der Waals surface area contributed by atoms with E-state index in [1.165, 1.54) is 42.0 Å². The fourth-order valence-corrected chi connectivity index (χ4v) is 4.22. The molecule has 2 aromatic carbocycles. The maximum absolute atomic E-state index is 13.7. The van der Waals surface area contributed by atoms with Crippen LogP contribution < -0.4 is 10.2 Å². The highest BCUT2D eigenvalue weighted by molar-refractivity contribution is 6.09. The van der Waals surface area contributed by atoms with Crippen LogP contribution in [0.4, 0.5) is 5.69 Å². The minimum absolute atomic E-state index is 0.0809. The van der Waals surface area contributed by atoms with E-state index < -0.39 is 11.9 Å². The van der Waals surface area contributed by atoms with E-state index in [1.807, 2.05) is 31.2 Å². The third-order valence-corrected chi connectivity index (χ3v) is 5.98. The molecule has 0 bridgehead atoms. The Morgan fingerprint density at radius 3 is 2.33 bits per heavy atom. The van der Waals surface area contributed by atoms with E-state index in [9.17, 15) is 14.7 Å². The fraction of sp³-hybridized carbons (Fsp3) is 0.308. The number of aromatic hydroxyl groups is 1. The van der Waals surface area contributed by atoms with E-state index in [0.717, 1.165) is 31.2 Å². The summed E-state index contributed by atoms with van der Waals surface area (Å²) < 4.78 is 0. The topological polar surface area (TPSA) is 95.4 Å². The van der Waals surface area contributed by atoms with Crippen LogP contribution in [0.15, 0.2) is 67.1 Å². The van der Waals surface area contributed by atoms with Crippen LogP contribution in [-0.2, 0) is 4.79 Å². The number of amides is 2. The normalized spacial score (nSPS) is 14.9. The Hall–Kier alpha value is -3.74. The van der Waals surface area contributed by atoms with Crippen molar-refractivity contribution >= 4 is 17.5 Å². The average molecular weight is 445 g/mol. The van der Waals surface area contributed by atoms with Gasteiger partial charge in [-0.1, -0.05) is 49.1 Å². The molecule has 1 aliphatic carbocycles. The molecule has 1 aliphatic rings. The molecule has 0 spiro atoms. The summed E-state index contributed by atoms with van der Waals surface area (Å²) in [5.41, 5.74) is 2.36. The van der Waals surface area contributed by atoms with Gasteiger partial charge in [-0.25, -0.2) is 4.98 Å². The summed E-state index contributed by atoms with van der Waals surface area (Å²) in [6.45, 7) is 1.96. The second-order valence-corrected chi connectivity index (χ2v) is 8.44. The van der Waals surface area contributed by atoms with Crippen molar-refractivity contribution in [2.24, 2.45) is 0 Å². The largest absolute Gasteiger partial charge is 0.508 e. The zero-order valence-corrected chi connectivity index (χ0v) is 18.6. The zero-order chi connectivity index (χ0) is 23.2. The number of phenolic OH excluding ortho intramolecular Hbond substituents is 1. The summed E-state index contributed by atoms with van der Waals surface area (Å²) in [6, 6.07) is 13.0. The summed E-state index contributed by atoms with van der Waals surface area (Å²) in [5, 5.41) is 13.0. The van der Waals surface area contributed by atoms with Crippen LogP contribution in [0.3, 0.4) is 0 Å². The van der Waals surface area contributed by atoms with Crippen molar-refractivity contribution in [3.63, 3.8) is 0 Å². The highest BCUT2D eigenvalue weighted by atomic mass is 16.3. The van der Waals surface area contributed by atoms with Gasteiger partial charge < -0.3 is 10.4 Å². The van der Waals surface area contributed by atoms with Gasteiger partial charge in [0.2, 0.25) is 5.91 Å². The number of anilines is 1. The summed E-state index contributed by atoms with van der Waals surface area (Å²) in [6.07, 6.45) is 9.54. The van der Waals surface area contributed by atoms with Gasteiger partial charge in [-0.2, -0.15) is 0 Å². The number of phenols is 1. The van der Waals surface area contributed by atoms with Gasteiger partial charge in [0.15, 0.2) is 0 Å². The number of nitrogens with one attached hydrogen (secondary N) is 1. The molecule has 170 valence electrons. The van der Waals surface area contributed by atoms with E-state index in [1.54, 1.807) is 12.1 Å². The van der Waals surface area contributed by atoms with Gasteiger partial charge >= 0.3 is 0 Å². The molecule has 3 aromatic rings. The predicted octanol–water partition coefficient (Wildman–Crippen LogP) is 4.33. The molecule has 1 aromatic heterocycles. The lowest BCUT2D eigenvalue weighted by Crippen LogP contribution is -2.47. The molecule has 2 N–H and O–H groups in total. The number of carbonyl (C=O) groups excluding carboxylic acids is 2. The summed E-state index contributed by atoms with van der Waals surface area (Å²) in [5.74, 6) is -0.596. The van der Waals surface area contributed by atoms with Crippen LogP contribution in [0.25, 0.3) is 0 Å². The lowest BCUT2D eigenvalue weighted by molar-refractivity contribution is -0.123. The molecule has 4 rings (SSSR count). The van der Waals surface area contributed by atoms with Crippen LogP contribution in [0.2, 0.25) is 0 Å². The van der Waals surface area contributed by atoms with Crippen molar-refractivity contribution in [1.82, 2.24) is 15.3 Å². The van der Waals surface area contributed by atoms with Crippen molar-refractivity contribution in [1.29, 1.82) is 0 Å². The minimum atomic E-state index is -0.940. The summed E-state index contributed by atoms with van der Waals surface area (Å²) >= 11 is 0. The van der Waals surface area contributed by atoms with Crippen LogP contribution in [0.5, 0.6) is 5.75 Å². The van der Waals surface area contributed by atoms with Gasteiger partial charge in [0.1, 0.15) is 17.5 Å². The standard InChI is InChI=1S/C26H28N4O3/c1-18-7-11-21(12-8-18)30(26(33)23-17-27-15-16-28-23)24(19-9-13-22(31)14-10-19)25(32)29-20-5-3-2-4-6-20/h7-17,20,24,31H,2-6H2,1H3,(H,29,32)/t24-/m0/s1. The third-order valence-electron chi connectivity index (χ3n) is 5.98. The van der Waals surface area contributed by atoms with Gasteiger partial charge in [0, 0.05) is 24.1 Å². The molecule has 0 radical (unpaired) electrons. The summed E-state index contributed by atoms with van der Waals surface area (Å²) in [7, 11) is 0. The monoisotopic (exact) mass is 444 g/mol. The van der Waals surface area contributed by atoms with E-state index >= 15 is 0 Å². The Morgan fingerprint density at radius 2 is 1.70 bits per heavy atom. The van der Waals surface area contributed by atoms with Crippen molar-refractivity contribution in [3.05, 3.63) is 83.9 Å². The van der Waals surface area contributed by atoms with Gasteiger partial charge in [0.25, 0.3) is 5.91 Å². The van der Waals surface area contributed by atoms with Crippen molar-refractivity contribution in [2.45, 2.75) is 51.1 Å². The molecule has 1 fully saturated rings. The van der Waals surface area contributed by atoms with Crippen LogP contribution >= 0.6 is 0 Å². The van der Waals surface area contributed by atoms with Crippen molar-refractivity contribution in [3.8, 4) is 5.75 Å². The number of benzene rings is 2. The maximum atomic E-state index is 13.7. The van der Waals surface area contributed by atoms with Crippen LogP contribution in [0.1, 0.15) is 59.8 Å². The molecule has 1 atom stereocenters. The molecule has 1 saturated carbocycles. The Labute approximate surface area is 193 Å². The molecule has 7 nitrogen and oxygen atoms in total. The minimum Gasteiger partial charge on any atom is -0.508 e. The number of aryl methyl sites for hydroxylation is 1. The molecular weight excluding hydrogens is 416 g/mol. The second-order valence-electron chi connectivity index (χ2n) is 8.44. The second kappa shape index (κ2) is 10.3. The Bertz CT molecular complexity index is 1080. The van der Waals surface area contributed by atoms with E-state index in [4.69, 9.17) is 0 Å². The fourth-order valence-electron chi connectivity index (χ4n) is 4.22. The number of aromatic nitrogens is 2. The highest BCUT2D eigenvalue weighted by Gasteiger charge is 2.35. The van der Waals surface area contributed by atoms with Crippen LogP contribution in [-0.4, -0.2) is 32.9 Å². The van der Waals surface area contributed by atoms with E-state index in [0.29, 0.717) is 11.3 Å². The van der Waals surface area contributed by atoms with Gasteiger partial charge in [-0.15, -0.1) is 0 Å². The molecule has 0 saturated heterocycles. The number of hydrogen-bond acceptors (Lipinski definition) is 5. The number of nitrogens with zero attached hydrogens (tertiary/aromatic N) is 3.